The number of hydrogen-bond acceptors (Lipinski definition) is 6. The van der Waals surface area contributed by atoms with Crippen LogP contribution in [-0.4, -0.2) is 20.6 Å². The number of hydrogen-bond donors (Lipinski definition) is 1. The number of rotatable bonds is 3. The molecule has 2 heterocycles. The molecule has 0 radical (unpaired) electrons. The second kappa shape index (κ2) is 5.70. The summed E-state index contributed by atoms with van der Waals surface area (Å²) in [5.74, 6) is 1.06. The molecule has 4 rings (SSSR count). The summed E-state index contributed by atoms with van der Waals surface area (Å²) in [6.45, 7) is 5.69. The first-order valence-corrected chi connectivity index (χ1v) is 7.91. The van der Waals surface area contributed by atoms with Crippen molar-refractivity contribution in [2.24, 2.45) is 0 Å². The minimum atomic E-state index is -0.385. The van der Waals surface area contributed by atoms with Crippen LogP contribution >= 0.6 is 0 Å². The van der Waals surface area contributed by atoms with E-state index in [1.807, 2.05) is 45.0 Å². The summed E-state index contributed by atoms with van der Waals surface area (Å²) in [5, 5.41) is 16.1. The fourth-order valence-electron chi connectivity index (χ4n) is 2.94. The molecule has 0 aliphatic carbocycles. The molecule has 1 atom stereocenters. The van der Waals surface area contributed by atoms with Crippen LogP contribution < -0.4 is 10.4 Å². The Morgan fingerprint density at radius 3 is 2.68 bits per heavy atom. The molecule has 4 aromatic rings. The molecule has 7 nitrogen and oxygen atoms in total. The summed E-state index contributed by atoms with van der Waals surface area (Å²) >= 11 is 0. The van der Waals surface area contributed by atoms with E-state index in [1.165, 1.54) is 0 Å². The summed E-state index contributed by atoms with van der Waals surface area (Å²) in [7, 11) is 0. The molecule has 1 unspecified atom stereocenters. The minimum Gasteiger partial charge on any atom is -0.482 e. The smallest absolute Gasteiger partial charge is 0.344 e. The number of aryl methyl sites for hydroxylation is 2. The predicted molar refractivity (Wildman–Crippen MR) is 92.7 cm³/mol. The summed E-state index contributed by atoms with van der Waals surface area (Å²) in [6.07, 6.45) is -0.385. The molecule has 0 saturated carbocycles. The van der Waals surface area contributed by atoms with Crippen molar-refractivity contribution in [3.8, 4) is 5.75 Å². The van der Waals surface area contributed by atoms with Crippen molar-refractivity contribution in [3.63, 3.8) is 0 Å². The third-order valence-electron chi connectivity index (χ3n) is 4.27. The van der Waals surface area contributed by atoms with Crippen LogP contribution in [0.2, 0.25) is 0 Å². The SMILES string of the molecule is Cc1ccc2c(=O)oc3c(C)c(OC(C)c4nn[nH]n4)ccc3c2c1. The average Bonchev–Trinajstić information content (AvgIpc) is 3.12. The molecule has 2 aromatic heterocycles. The summed E-state index contributed by atoms with van der Waals surface area (Å²) < 4.78 is 11.5. The Balaban J connectivity index is 1.88. The Morgan fingerprint density at radius 2 is 1.92 bits per heavy atom. The monoisotopic (exact) mass is 336 g/mol. The molecule has 126 valence electrons. The van der Waals surface area contributed by atoms with Gasteiger partial charge in [0.15, 0.2) is 6.10 Å². The Hall–Kier alpha value is -3.22. The number of benzene rings is 2. The first-order chi connectivity index (χ1) is 12.0. The Labute approximate surface area is 142 Å². The molecule has 25 heavy (non-hydrogen) atoms. The van der Waals surface area contributed by atoms with Gasteiger partial charge in [-0.05, 0) is 39.0 Å². The van der Waals surface area contributed by atoms with Gasteiger partial charge >= 0.3 is 5.63 Å². The van der Waals surface area contributed by atoms with Crippen molar-refractivity contribution in [1.29, 1.82) is 0 Å². The van der Waals surface area contributed by atoms with Gasteiger partial charge < -0.3 is 9.15 Å². The molecule has 0 fully saturated rings. The van der Waals surface area contributed by atoms with Crippen molar-refractivity contribution < 1.29 is 9.15 Å². The normalized spacial score (nSPS) is 12.6. The Morgan fingerprint density at radius 1 is 1.12 bits per heavy atom. The van der Waals surface area contributed by atoms with E-state index in [2.05, 4.69) is 20.6 Å². The molecule has 2 aromatic carbocycles. The lowest BCUT2D eigenvalue weighted by atomic mass is 10.0. The van der Waals surface area contributed by atoms with Gasteiger partial charge in [-0.3, -0.25) is 0 Å². The van der Waals surface area contributed by atoms with Crippen LogP contribution in [-0.2, 0) is 0 Å². The maximum atomic E-state index is 12.3. The predicted octanol–water partition coefficient (Wildman–Crippen LogP) is 3.22. The van der Waals surface area contributed by atoms with Gasteiger partial charge in [-0.15, -0.1) is 10.2 Å². The van der Waals surface area contributed by atoms with Crippen molar-refractivity contribution >= 4 is 21.7 Å². The van der Waals surface area contributed by atoms with E-state index < -0.39 is 0 Å². The van der Waals surface area contributed by atoms with Crippen molar-refractivity contribution in [2.45, 2.75) is 26.9 Å². The van der Waals surface area contributed by atoms with Crippen LogP contribution in [0.15, 0.2) is 39.5 Å². The van der Waals surface area contributed by atoms with Gasteiger partial charge in [-0.1, -0.05) is 22.9 Å². The maximum absolute atomic E-state index is 12.3. The number of aromatic amines is 1. The zero-order chi connectivity index (χ0) is 17.6. The number of nitrogens with zero attached hydrogens (tertiary/aromatic N) is 3. The highest BCUT2D eigenvalue weighted by molar-refractivity contribution is 6.05. The van der Waals surface area contributed by atoms with Gasteiger partial charge in [-0.25, -0.2) is 4.79 Å². The molecule has 0 bridgehead atoms. The highest BCUT2D eigenvalue weighted by Gasteiger charge is 2.17. The number of ether oxygens (including phenoxy) is 1. The lowest BCUT2D eigenvalue weighted by molar-refractivity contribution is 0.215. The van der Waals surface area contributed by atoms with Gasteiger partial charge in [-0.2, -0.15) is 5.21 Å². The van der Waals surface area contributed by atoms with E-state index >= 15 is 0 Å². The van der Waals surface area contributed by atoms with Gasteiger partial charge in [0, 0.05) is 16.3 Å². The number of aromatic nitrogens is 4. The highest BCUT2D eigenvalue weighted by Crippen LogP contribution is 2.32. The van der Waals surface area contributed by atoms with E-state index in [4.69, 9.17) is 9.15 Å². The van der Waals surface area contributed by atoms with Crippen LogP contribution in [0.4, 0.5) is 0 Å². The Kier molecular flexibility index (Phi) is 3.49. The van der Waals surface area contributed by atoms with E-state index in [-0.39, 0.29) is 11.7 Å². The third kappa shape index (κ3) is 2.53. The van der Waals surface area contributed by atoms with Crippen LogP contribution in [0.3, 0.4) is 0 Å². The van der Waals surface area contributed by atoms with Crippen molar-refractivity contribution in [2.75, 3.05) is 0 Å². The van der Waals surface area contributed by atoms with Crippen molar-refractivity contribution in [3.05, 3.63) is 57.7 Å². The van der Waals surface area contributed by atoms with Gasteiger partial charge in [0.1, 0.15) is 11.3 Å². The maximum Gasteiger partial charge on any atom is 0.344 e. The second-order valence-corrected chi connectivity index (χ2v) is 6.03. The molecule has 0 aliphatic rings. The topological polar surface area (TPSA) is 93.9 Å². The fraction of sp³-hybridized carbons (Fsp3) is 0.222. The van der Waals surface area contributed by atoms with Crippen LogP contribution in [0.1, 0.15) is 30.0 Å². The molecule has 1 N–H and O–H groups in total. The summed E-state index contributed by atoms with van der Waals surface area (Å²) in [6, 6.07) is 9.48. The van der Waals surface area contributed by atoms with Gasteiger partial charge in [0.2, 0.25) is 5.82 Å². The van der Waals surface area contributed by atoms with Crippen LogP contribution in [0.5, 0.6) is 5.75 Å². The third-order valence-corrected chi connectivity index (χ3v) is 4.27. The van der Waals surface area contributed by atoms with Gasteiger partial charge in [0.05, 0.1) is 5.39 Å². The fourth-order valence-corrected chi connectivity index (χ4v) is 2.94. The quantitative estimate of drug-likeness (QED) is 0.456. The zero-order valence-electron chi connectivity index (χ0n) is 14.0. The van der Waals surface area contributed by atoms with Crippen molar-refractivity contribution in [1.82, 2.24) is 20.6 Å². The standard InChI is InChI=1S/C18H16N4O3/c1-9-4-5-13-14(8-9)12-6-7-15(10(2)16(12)25-18(13)23)24-11(3)17-19-21-22-20-17/h4-8,11H,1-3H3,(H,19,20,21,22). The number of fused-ring (bicyclic) bond motifs is 3. The van der Waals surface area contributed by atoms with Crippen LogP contribution in [0.25, 0.3) is 21.7 Å². The first-order valence-electron chi connectivity index (χ1n) is 7.91. The molecule has 0 saturated heterocycles. The number of nitrogens with one attached hydrogen (secondary N) is 1. The minimum absolute atomic E-state index is 0.353. The molecule has 0 spiro atoms. The summed E-state index contributed by atoms with van der Waals surface area (Å²) in [4.78, 5) is 12.3. The molecule has 7 heteroatoms. The van der Waals surface area contributed by atoms with Crippen LogP contribution in [0, 0.1) is 13.8 Å². The second-order valence-electron chi connectivity index (χ2n) is 6.03. The van der Waals surface area contributed by atoms with E-state index in [1.54, 1.807) is 6.07 Å². The number of tetrazole rings is 1. The average molecular weight is 336 g/mol. The van der Waals surface area contributed by atoms with E-state index in [0.29, 0.717) is 22.5 Å². The number of H-pyrrole nitrogens is 1. The molecule has 0 aliphatic heterocycles. The van der Waals surface area contributed by atoms with E-state index in [9.17, 15) is 4.79 Å². The van der Waals surface area contributed by atoms with Gasteiger partial charge in [0.25, 0.3) is 0 Å². The lowest BCUT2D eigenvalue weighted by Crippen LogP contribution is -2.07. The first kappa shape index (κ1) is 15.3. The molecule has 0 amide bonds. The zero-order valence-corrected chi connectivity index (χ0v) is 14.0. The van der Waals surface area contributed by atoms with E-state index in [0.717, 1.165) is 21.9 Å². The summed E-state index contributed by atoms with van der Waals surface area (Å²) in [5.41, 5.74) is 2.02. The lowest BCUT2D eigenvalue weighted by Gasteiger charge is -2.15. The largest absolute Gasteiger partial charge is 0.482 e. The molecular formula is C18H16N4O3. The Bertz CT molecular complexity index is 1130. The highest BCUT2D eigenvalue weighted by atomic mass is 16.5. The molecular weight excluding hydrogens is 320 g/mol.